The molecule has 0 fully saturated rings. The van der Waals surface area contributed by atoms with Crippen molar-refractivity contribution >= 4 is 56.6 Å². The van der Waals surface area contributed by atoms with E-state index in [0.717, 1.165) is 21.6 Å². The Hall–Kier alpha value is -2.31. The lowest BCUT2D eigenvalue weighted by Gasteiger charge is -2.13. The largest absolute Gasteiger partial charge is 0.486 e. The summed E-state index contributed by atoms with van der Waals surface area (Å²) in [6.07, 6.45) is 0. The standard InChI is InChI=1S/C20H21Cl2N5O4S2/c1-12-8-13(4-6-15(12)21)31-10-18-24-20(26-25-18)32-11-19(28)23-17-9-14(5-7-16(17)22)33(29,30)27(2)3/h4-9H,10-11H2,1-3H3,(H,23,28)(H,24,25,26). The van der Waals surface area contributed by atoms with Gasteiger partial charge in [0.1, 0.15) is 12.4 Å². The lowest BCUT2D eigenvalue weighted by Crippen LogP contribution is -2.22. The number of carbonyl (C=O) groups is 1. The number of anilines is 1. The molecule has 2 aromatic carbocycles. The molecule has 3 rings (SSSR count). The van der Waals surface area contributed by atoms with Crippen LogP contribution in [0, 0.1) is 6.92 Å². The van der Waals surface area contributed by atoms with E-state index in [0.29, 0.717) is 21.8 Å². The Balaban J connectivity index is 1.55. The Kier molecular flexibility index (Phi) is 8.24. The van der Waals surface area contributed by atoms with Crippen molar-refractivity contribution in [3.8, 4) is 5.75 Å². The summed E-state index contributed by atoms with van der Waals surface area (Å²) in [4.78, 5) is 16.7. The van der Waals surface area contributed by atoms with Crippen molar-refractivity contribution in [2.75, 3.05) is 25.2 Å². The van der Waals surface area contributed by atoms with Crippen LogP contribution in [0.5, 0.6) is 5.75 Å². The number of H-pyrrole nitrogens is 1. The fourth-order valence-corrected chi connectivity index (χ4v) is 4.38. The van der Waals surface area contributed by atoms with Gasteiger partial charge in [-0.3, -0.25) is 9.89 Å². The molecule has 0 atom stereocenters. The van der Waals surface area contributed by atoms with E-state index in [2.05, 4.69) is 20.5 Å². The third kappa shape index (κ3) is 6.61. The van der Waals surface area contributed by atoms with Crippen LogP contribution in [0.3, 0.4) is 0 Å². The molecular formula is C20H21Cl2N5O4S2. The first-order valence-electron chi connectivity index (χ1n) is 9.51. The summed E-state index contributed by atoms with van der Waals surface area (Å²) in [6.45, 7) is 2.05. The lowest BCUT2D eigenvalue weighted by molar-refractivity contribution is -0.113. The van der Waals surface area contributed by atoms with Gasteiger partial charge in [0, 0.05) is 19.1 Å². The summed E-state index contributed by atoms with van der Waals surface area (Å²) in [7, 11) is -0.815. The zero-order chi connectivity index (χ0) is 24.2. The van der Waals surface area contributed by atoms with Gasteiger partial charge in [0.2, 0.25) is 21.1 Å². The summed E-state index contributed by atoms with van der Waals surface area (Å²) in [5.74, 6) is 0.753. The minimum absolute atomic E-state index is 0.00445. The molecule has 1 aromatic heterocycles. The monoisotopic (exact) mass is 529 g/mol. The number of amides is 1. The molecule has 0 aliphatic heterocycles. The topological polar surface area (TPSA) is 117 Å². The number of thioether (sulfide) groups is 1. The van der Waals surface area contributed by atoms with E-state index in [4.69, 9.17) is 27.9 Å². The Labute approximate surface area is 205 Å². The molecule has 0 saturated heterocycles. The number of nitrogens with one attached hydrogen (secondary N) is 2. The van der Waals surface area contributed by atoms with Gasteiger partial charge in [-0.25, -0.2) is 17.7 Å². The quantitative estimate of drug-likeness (QED) is 0.402. The van der Waals surface area contributed by atoms with Gasteiger partial charge in [-0.1, -0.05) is 35.0 Å². The molecule has 0 aliphatic carbocycles. The Morgan fingerprint density at radius 2 is 1.91 bits per heavy atom. The number of ether oxygens (including phenoxy) is 1. The molecule has 0 spiro atoms. The molecule has 0 unspecified atom stereocenters. The van der Waals surface area contributed by atoms with Crippen molar-refractivity contribution in [2.24, 2.45) is 0 Å². The highest BCUT2D eigenvalue weighted by molar-refractivity contribution is 7.99. The third-order valence-corrected chi connectivity index (χ3v) is 7.75. The SMILES string of the molecule is Cc1cc(OCc2nc(SCC(=O)Nc3cc(S(=O)(=O)N(C)C)ccc3Cl)n[nH]2)ccc1Cl. The summed E-state index contributed by atoms with van der Waals surface area (Å²) in [6, 6.07) is 9.46. The maximum Gasteiger partial charge on any atom is 0.242 e. The number of aromatic amines is 1. The number of nitrogens with zero attached hydrogens (tertiary/aromatic N) is 3. The first kappa shape index (κ1) is 25.3. The van der Waals surface area contributed by atoms with Crippen LogP contribution in [0.4, 0.5) is 5.69 Å². The van der Waals surface area contributed by atoms with Crippen molar-refractivity contribution in [2.45, 2.75) is 23.6 Å². The van der Waals surface area contributed by atoms with Crippen LogP contribution in [0.2, 0.25) is 10.0 Å². The summed E-state index contributed by atoms with van der Waals surface area (Å²) in [5.41, 5.74) is 1.10. The number of aryl methyl sites for hydroxylation is 1. The van der Waals surface area contributed by atoms with E-state index >= 15 is 0 Å². The number of halogens is 2. The van der Waals surface area contributed by atoms with Crippen LogP contribution in [-0.2, 0) is 21.4 Å². The van der Waals surface area contributed by atoms with Gasteiger partial charge in [0.25, 0.3) is 0 Å². The molecule has 33 heavy (non-hydrogen) atoms. The summed E-state index contributed by atoms with van der Waals surface area (Å²) < 4.78 is 31.3. The molecule has 3 aromatic rings. The molecule has 2 N–H and O–H groups in total. The van der Waals surface area contributed by atoms with E-state index in [1.165, 1.54) is 32.3 Å². The molecule has 0 saturated carbocycles. The minimum atomic E-state index is -3.66. The summed E-state index contributed by atoms with van der Waals surface area (Å²) >= 11 is 13.2. The smallest absolute Gasteiger partial charge is 0.242 e. The zero-order valence-electron chi connectivity index (χ0n) is 17.9. The van der Waals surface area contributed by atoms with Crippen LogP contribution in [0.15, 0.2) is 46.5 Å². The molecular weight excluding hydrogens is 509 g/mol. The maximum absolute atomic E-state index is 12.4. The zero-order valence-corrected chi connectivity index (χ0v) is 21.1. The molecule has 0 radical (unpaired) electrons. The predicted molar refractivity (Wildman–Crippen MR) is 129 cm³/mol. The van der Waals surface area contributed by atoms with Crippen LogP contribution in [0.1, 0.15) is 11.4 Å². The van der Waals surface area contributed by atoms with Gasteiger partial charge < -0.3 is 10.1 Å². The average Bonchev–Trinajstić information content (AvgIpc) is 3.22. The molecule has 1 amide bonds. The first-order valence-corrected chi connectivity index (χ1v) is 12.7. The molecule has 1 heterocycles. The molecule has 13 heteroatoms. The van der Waals surface area contributed by atoms with Gasteiger partial charge in [0.05, 0.1) is 21.4 Å². The van der Waals surface area contributed by atoms with Gasteiger partial charge in [-0.15, -0.1) is 5.10 Å². The molecule has 176 valence electrons. The van der Waals surface area contributed by atoms with E-state index in [-0.39, 0.29) is 33.9 Å². The van der Waals surface area contributed by atoms with Crippen molar-refractivity contribution in [3.63, 3.8) is 0 Å². The summed E-state index contributed by atoms with van der Waals surface area (Å²) in [5, 5.41) is 10.7. The fraction of sp³-hybridized carbons (Fsp3) is 0.250. The van der Waals surface area contributed by atoms with Crippen molar-refractivity contribution in [1.29, 1.82) is 0 Å². The minimum Gasteiger partial charge on any atom is -0.486 e. The normalized spacial score (nSPS) is 11.6. The average molecular weight is 530 g/mol. The second-order valence-electron chi connectivity index (χ2n) is 7.03. The van der Waals surface area contributed by atoms with E-state index in [1.54, 1.807) is 12.1 Å². The highest BCUT2D eigenvalue weighted by Gasteiger charge is 2.19. The van der Waals surface area contributed by atoms with E-state index in [1.807, 2.05) is 13.0 Å². The lowest BCUT2D eigenvalue weighted by atomic mass is 10.2. The van der Waals surface area contributed by atoms with E-state index in [9.17, 15) is 13.2 Å². The molecule has 0 aliphatic rings. The van der Waals surface area contributed by atoms with E-state index < -0.39 is 10.0 Å². The van der Waals surface area contributed by atoms with Crippen LogP contribution in [0.25, 0.3) is 0 Å². The van der Waals surface area contributed by atoms with Gasteiger partial charge >= 0.3 is 0 Å². The molecule has 0 bridgehead atoms. The predicted octanol–water partition coefficient (Wildman–Crippen LogP) is 3.98. The van der Waals surface area contributed by atoms with Gasteiger partial charge in [-0.05, 0) is 48.9 Å². The Bertz CT molecular complexity index is 1270. The van der Waals surface area contributed by atoms with Crippen molar-refractivity contribution in [3.05, 3.63) is 57.8 Å². The highest BCUT2D eigenvalue weighted by atomic mass is 35.5. The van der Waals surface area contributed by atoms with Crippen LogP contribution >= 0.6 is 35.0 Å². The number of hydrogen-bond acceptors (Lipinski definition) is 7. The van der Waals surface area contributed by atoms with Gasteiger partial charge in [-0.2, -0.15) is 0 Å². The number of aromatic nitrogens is 3. The number of carbonyl (C=O) groups excluding carboxylic acids is 1. The number of sulfonamides is 1. The number of rotatable bonds is 9. The van der Waals surface area contributed by atoms with Crippen molar-refractivity contribution in [1.82, 2.24) is 19.5 Å². The number of benzene rings is 2. The third-order valence-electron chi connectivity index (χ3n) is 4.34. The second-order valence-corrected chi connectivity index (χ2v) is 10.9. The van der Waals surface area contributed by atoms with Crippen LogP contribution in [-0.4, -0.2) is 53.7 Å². The van der Waals surface area contributed by atoms with Gasteiger partial charge in [0.15, 0.2) is 5.82 Å². The maximum atomic E-state index is 12.4. The first-order chi connectivity index (χ1) is 15.6. The second kappa shape index (κ2) is 10.7. The van der Waals surface area contributed by atoms with Crippen molar-refractivity contribution < 1.29 is 17.9 Å². The Morgan fingerprint density at radius 3 is 2.61 bits per heavy atom. The van der Waals surface area contributed by atoms with Crippen LogP contribution < -0.4 is 10.1 Å². The Morgan fingerprint density at radius 1 is 1.18 bits per heavy atom. The number of hydrogen-bond donors (Lipinski definition) is 2. The molecule has 9 nitrogen and oxygen atoms in total. The fourth-order valence-electron chi connectivity index (χ4n) is 2.55. The highest BCUT2D eigenvalue weighted by Crippen LogP contribution is 2.27.